The number of aryl methyl sites for hydroxylation is 1. The highest BCUT2D eigenvalue weighted by atomic mass is 127. The van der Waals surface area contributed by atoms with Gasteiger partial charge in [-0.3, -0.25) is 4.99 Å². The fraction of sp³-hybridized carbons (Fsp3) is 0.389. The van der Waals surface area contributed by atoms with Crippen LogP contribution in [0.4, 0.5) is 4.39 Å². The van der Waals surface area contributed by atoms with Gasteiger partial charge in [-0.2, -0.15) is 0 Å². The van der Waals surface area contributed by atoms with Crippen LogP contribution in [-0.2, 0) is 0 Å². The molecular formula is C18H25FIN3O2. The molecule has 2 atom stereocenters. The maximum Gasteiger partial charge on any atom is 0.191 e. The predicted molar refractivity (Wildman–Crippen MR) is 108 cm³/mol. The Balaban J connectivity index is 0.00000312. The van der Waals surface area contributed by atoms with Crippen molar-refractivity contribution in [3.63, 3.8) is 0 Å². The average molecular weight is 461 g/mol. The van der Waals surface area contributed by atoms with Crippen molar-refractivity contribution >= 4 is 29.9 Å². The molecule has 138 valence electrons. The van der Waals surface area contributed by atoms with Crippen LogP contribution in [0, 0.1) is 12.7 Å². The Bertz CT molecular complexity index is 690. The van der Waals surface area contributed by atoms with E-state index < -0.39 is 0 Å². The van der Waals surface area contributed by atoms with E-state index in [4.69, 9.17) is 9.15 Å². The number of hydrogen-bond acceptors (Lipinski definition) is 3. The Kier molecular flexibility index (Phi) is 8.74. The van der Waals surface area contributed by atoms with Crippen LogP contribution in [0.3, 0.4) is 0 Å². The van der Waals surface area contributed by atoms with Crippen molar-refractivity contribution in [1.82, 2.24) is 10.6 Å². The predicted octanol–water partition coefficient (Wildman–Crippen LogP) is 4.04. The molecule has 0 bridgehead atoms. The van der Waals surface area contributed by atoms with E-state index in [0.717, 1.165) is 11.5 Å². The monoisotopic (exact) mass is 461 g/mol. The van der Waals surface area contributed by atoms with Gasteiger partial charge >= 0.3 is 0 Å². The molecule has 1 heterocycles. The summed E-state index contributed by atoms with van der Waals surface area (Å²) in [4.78, 5) is 4.19. The van der Waals surface area contributed by atoms with Crippen LogP contribution >= 0.6 is 24.0 Å². The summed E-state index contributed by atoms with van der Waals surface area (Å²) in [7, 11) is 1.70. The number of benzene rings is 1. The third-order valence-corrected chi connectivity index (χ3v) is 3.46. The Labute approximate surface area is 165 Å². The smallest absolute Gasteiger partial charge is 0.191 e. The minimum Gasteiger partial charge on any atom is -0.489 e. The Morgan fingerprint density at radius 3 is 2.64 bits per heavy atom. The number of nitrogens with one attached hydrogen (secondary N) is 2. The molecule has 7 heteroatoms. The van der Waals surface area contributed by atoms with Gasteiger partial charge in [-0.05, 0) is 45.0 Å². The van der Waals surface area contributed by atoms with E-state index in [1.807, 2.05) is 32.9 Å². The first-order valence-corrected chi connectivity index (χ1v) is 7.93. The van der Waals surface area contributed by atoms with Crippen LogP contribution in [0.1, 0.15) is 31.4 Å². The lowest BCUT2D eigenvalue weighted by Crippen LogP contribution is -2.42. The second kappa shape index (κ2) is 10.3. The van der Waals surface area contributed by atoms with Crippen molar-refractivity contribution in [2.75, 3.05) is 13.6 Å². The van der Waals surface area contributed by atoms with Gasteiger partial charge in [0.2, 0.25) is 0 Å². The van der Waals surface area contributed by atoms with Crippen molar-refractivity contribution in [1.29, 1.82) is 0 Å². The lowest BCUT2D eigenvalue weighted by atomic mass is 10.2. The number of aliphatic imine (C=N–C) groups is 1. The van der Waals surface area contributed by atoms with Gasteiger partial charge in [0.1, 0.15) is 29.2 Å². The van der Waals surface area contributed by atoms with E-state index in [9.17, 15) is 4.39 Å². The van der Waals surface area contributed by atoms with E-state index in [1.54, 1.807) is 19.2 Å². The molecule has 5 nitrogen and oxygen atoms in total. The molecule has 0 aliphatic carbocycles. The Morgan fingerprint density at radius 1 is 1.28 bits per heavy atom. The first-order valence-electron chi connectivity index (χ1n) is 7.93. The second-order valence-electron chi connectivity index (χ2n) is 5.65. The molecule has 2 aromatic rings. The summed E-state index contributed by atoms with van der Waals surface area (Å²) in [5, 5.41) is 6.44. The summed E-state index contributed by atoms with van der Waals surface area (Å²) < 4.78 is 24.4. The summed E-state index contributed by atoms with van der Waals surface area (Å²) in [6.45, 7) is 6.34. The molecule has 25 heavy (non-hydrogen) atoms. The zero-order chi connectivity index (χ0) is 17.5. The van der Waals surface area contributed by atoms with Crippen LogP contribution in [0.15, 0.2) is 45.8 Å². The molecule has 2 rings (SSSR count). The second-order valence-corrected chi connectivity index (χ2v) is 5.65. The van der Waals surface area contributed by atoms with E-state index in [-0.39, 0.29) is 41.9 Å². The zero-order valence-electron chi connectivity index (χ0n) is 14.9. The van der Waals surface area contributed by atoms with Gasteiger partial charge in [0, 0.05) is 13.1 Å². The molecule has 0 aliphatic rings. The van der Waals surface area contributed by atoms with Gasteiger partial charge in [0.25, 0.3) is 0 Å². The molecule has 0 spiro atoms. The van der Waals surface area contributed by atoms with Crippen LogP contribution in [0.5, 0.6) is 5.75 Å². The number of rotatable bonds is 6. The SMILES string of the molecule is CN=C(NCC(C)Oc1cccc(F)c1)NC(C)c1ccc(C)o1.I. The average Bonchev–Trinajstić information content (AvgIpc) is 2.98. The molecule has 1 aromatic heterocycles. The van der Waals surface area contributed by atoms with Gasteiger partial charge in [0.15, 0.2) is 5.96 Å². The van der Waals surface area contributed by atoms with E-state index in [1.165, 1.54) is 12.1 Å². The normalized spacial score (nSPS) is 13.6. The molecule has 0 saturated heterocycles. The molecule has 1 aromatic carbocycles. The summed E-state index contributed by atoms with van der Waals surface area (Å²) in [5.74, 6) is 2.56. The number of guanidine groups is 1. The lowest BCUT2D eigenvalue weighted by molar-refractivity contribution is 0.223. The fourth-order valence-electron chi connectivity index (χ4n) is 2.21. The van der Waals surface area contributed by atoms with E-state index >= 15 is 0 Å². The fourth-order valence-corrected chi connectivity index (χ4v) is 2.21. The molecule has 2 unspecified atom stereocenters. The number of ether oxygens (including phenoxy) is 1. The van der Waals surface area contributed by atoms with Gasteiger partial charge in [-0.1, -0.05) is 6.07 Å². The number of furan rings is 1. The highest BCUT2D eigenvalue weighted by molar-refractivity contribution is 14.0. The minimum atomic E-state index is -0.312. The highest BCUT2D eigenvalue weighted by Crippen LogP contribution is 2.15. The van der Waals surface area contributed by atoms with E-state index in [2.05, 4.69) is 15.6 Å². The van der Waals surface area contributed by atoms with Crippen molar-refractivity contribution in [3.8, 4) is 5.75 Å². The third-order valence-electron chi connectivity index (χ3n) is 3.46. The summed E-state index contributed by atoms with van der Waals surface area (Å²) >= 11 is 0. The molecule has 0 aliphatic heterocycles. The largest absolute Gasteiger partial charge is 0.489 e. The van der Waals surface area contributed by atoms with Gasteiger partial charge in [-0.15, -0.1) is 24.0 Å². The van der Waals surface area contributed by atoms with Crippen LogP contribution in [0.25, 0.3) is 0 Å². The maximum absolute atomic E-state index is 13.2. The van der Waals surface area contributed by atoms with Gasteiger partial charge in [0.05, 0.1) is 12.6 Å². The van der Waals surface area contributed by atoms with Crippen molar-refractivity contribution in [2.24, 2.45) is 4.99 Å². The quantitative estimate of drug-likeness (QED) is 0.388. The third kappa shape index (κ3) is 6.93. The molecule has 0 saturated carbocycles. The molecule has 0 radical (unpaired) electrons. The van der Waals surface area contributed by atoms with E-state index in [0.29, 0.717) is 18.3 Å². The maximum atomic E-state index is 13.2. The first kappa shape index (κ1) is 21.3. The van der Waals surface area contributed by atoms with Crippen LogP contribution in [0.2, 0.25) is 0 Å². The standard InChI is InChI=1S/C18H24FN3O2.HI/c1-12-8-9-17(24-12)14(3)22-18(20-4)21-11-13(2)23-16-7-5-6-15(19)10-16;/h5-10,13-14H,11H2,1-4H3,(H2,20,21,22);1H. The van der Waals surface area contributed by atoms with Crippen molar-refractivity contribution < 1.29 is 13.5 Å². The Morgan fingerprint density at radius 2 is 2.04 bits per heavy atom. The van der Waals surface area contributed by atoms with Crippen molar-refractivity contribution in [2.45, 2.75) is 32.9 Å². The van der Waals surface area contributed by atoms with Crippen LogP contribution < -0.4 is 15.4 Å². The topological polar surface area (TPSA) is 58.8 Å². The van der Waals surface area contributed by atoms with Crippen molar-refractivity contribution in [3.05, 3.63) is 53.7 Å². The minimum absolute atomic E-state index is 0. The lowest BCUT2D eigenvalue weighted by Gasteiger charge is -2.19. The zero-order valence-corrected chi connectivity index (χ0v) is 17.2. The number of hydrogen-bond donors (Lipinski definition) is 2. The van der Waals surface area contributed by atoms with Gasteiger partial charge in [-0.25, -0.2) is 4.39 Å². The summed E-state index contributed by atoms with van der Waals surface area (Å²) in [5.41, 5.74) is 0. The van der Waals surface area contributed by atoms with Crippen LogP contribution in [-0.4, -0.2) is 25.7 Å². The summed E-state index contributed by atoms with van der Waals surface area (Å²) in [6, 6.07) is 9.97. The number of nitrogens with zero attached hydrogens (tertiary/aromatic N) is 1. The first-order chi connectivity index (χ1) is 11.5. The molecule has 0 fully saturated rings. The molecular weight excluding hydrogens is 436 g/mol. The van der Waals surface area contributed by atoms with Gasteiger partial charge < -0.3 is 19.8 Å². The Hall–Kier alpha value is -1.77. The molecule has 0 amide bonds. The summed E-state index contributed by atoms with van der Waals surface area (Å²) in [6.07, 6.45) is -0.147. The highest BCUT2D eigenvalue weighted by Gasteiger charge is 2.12. The molecule has 2 N–H and O–H groups in total. The number of halogens is 2.